The van der Waals surface area contributed by atoms with Gasteiger partial charge >= 0.3 is 0 Å². The molecule has 1 N–H and O–H groups in total. The highest BCUT2D eigenvalue weighted by molar-refractivity contribution is 7.99. The second-order valence-electron chi connectivity index (χ2n) is 5.03. The Balaban J connectivity index is 1.94. The molecule has 0 aliphatic heterocycles. The van der Waals surface area contributed by atoms with Gasteiger partial charge in [0, 0.05) is 22.1 Å². The van der Waals surface area contributed by atoms with Crippen LogP contribution in [-0.2, 0) is 11.3 Å². The van der Waals surface area contributed by atoms with E-state index in [0.717, 1.165) is 29.4 Å². The summed E-state index contributed by atoms with van der Waals surface area (Å²) < 4.78 is 0. The smallest absolute Gasteiger partial charge is 0.238 e. The lowest BCUT2D eigenvalue weighted by atomic mass is 10.3. The fourth-order valence-electron chi connectivity index (χ4n) is 2.14. The molecule has 0 saturated carbocycles. The van der Waals surface area contributed by atoms with Crippen LogP contribution in [-0.4, -0.2) is 29.6 Å². The Bertz CT molecular complexity index is 626. The molecule has 23 heavy (non-hydrogen) atoms. The maximum absolute atomic E-state index is 12.4. The van der Waals surface area contributed by atoms with Crippen molar-refractivity contribution in [1.82, 2.24) is 4.90 Å². The molecule has 0 unspecified atom stereocenters. The van der Waals surface area contributed by atoms with Gasteiger partial charge in [0.05, 0.1) is 12.2 Å². The normalized spacial score (nSPS) is 10.7. The zero-order valence-electron chi connectivity index (χ0n) is 13.3. The minimum Gasteiger partial charge on any atom is -0.324 e. The Hall–Kier alpha value is -1.56. The first-order chi connectivity index (χ1) is 11.2. The monoisotopic (exact) mass is 346 g/mol. The molecular weight excluding hydrogens is 324 g/mol. The summed E-state index contributed by atoms with van der Waals surface area (Å²) >= 11 is 3.40. The third kappa shape index (κ3) is 5.86. The van der Waals surface area contributed by atoms with Crippen molar-refractivity contribution in [2.45, 2.75) is 18.4 Å². The van der Waals surface area contributed by atoms with Crippen LogP contribution < -0.4 is 5.32 Å². The van der Waals surface area contributed by atoms with Crippen LogP contribution in [0.25, 0.3) is 0 Å². The van der Waals surface area contributed by atoms with Gasteiger partial charge in [-0.15, -0.1) is 29.7 Å². The van der Waals surface area contributed by atoms with E-state index in [1.54, 1.807) is 23.1 Å². The highest BCUT2D eigenvalue weighted by Gasteiger charge is 2.12. The van der Waals surface area contributed by atoms with E-state index in [9.17, 15) is 4.79 Å². The molecule has 2 aromatic rings. The minimum atomic E-state index is 0.0232. The summed E-state index contributed by atoms with van der Waals surface area (Å²) in [6.07, 6.45) is 1.86. The SMILES string of the molecule is C=CCSc1ccccc1NC(=O)CN(CC)Cc1cccs1. The van der Waals surface area contributed by atoms with Crippen LogP contribution in [0.4, 0.5) is 5.69 Å². The number of thioether (sulfide) groups is 1. The Morgan fingerprint density at radius 1 is 1.35 bits per heavy atom. The van der Waals surface area contributed by atoms with Gasteiger partial charge < -0.3 is 5.32 Å². The zero-order valence-corrected chi connectivity index (χ0v) is 15.0. The molecule has 2 rings (SSSR count). The first-order valence-corrected chi connectivity index (χ1v) is 9.46. The van der Waals surface area contributed by atoms with Crippen molar-refractivity contribution in [1.29, 1.82) is 0 Å². The van der Waals surface area contributed by atoms with Gasteiger partial charge in [0.25, 0.3) is 0 Å². The molecular formula is C18H22N2OS2. The fourth-order valence-corrected chi connectivity index (χ4v) is 3.63. The molecule has 1 amide bonds. The fraction of sp³-hybridized carbons (Fsp3) is 0.278. The Kier molecular flexibility index (Phi) is 7.39. The largest absolute Gasteiger partial charge is 0.324 e. The van der Waals surface area contributed by atoms with E-state index >= 15 is 0 Å². The molecule has 0 aliphatic rings. The van der Waals surface area contributed by atoms with E-state index in [-0.39, 0.29) is 5.91 Å². The molecule has 0 saturated heterocycles. The summed E-state index contributed by atoms with van der Waals surface area (Å²) in [6, 6.07) is 12.0. The number of benzene rings is 1. The number of anilines is 1. The van der Waals surface area contributed by atoms with E-state index in [2.05, 4.69) is 35.2 Å². The van der Waals surface area contributed by atoms with Crippen LogP contribution in [0.1, 0.15) is 11.8 Å². The number of para-hydroxylation sites is 1. The van der Waals surface area contributed by atoms with Crippen molar-refractivity contribution < 1.29 is 4.79 Å². The van der Waals surface area contributed by atoms with Crippen molar-refractivity contribution in [2.75, 3.05) is 24.2 Å². The summed E-state index contributed by atoms with van der Waals surface area (Å²) in [6.45, 7) is 7.87. The molecule has 3 nitrogen and oxygen atoms in total. The third-order valence-corrected chi connectivity index (χ3v) is 5.22. The average molecular weight is 347 g/mol. The maximum atomic E-state index is 12.4. The lowest BCUT2D eigenvalue weighted by molar-refractivity contribution is -0.117. The molecule has 5 heteroatoms. The van der Waals surface area contributed by atoms with E-state index in [0.29, 0.717) is 6.54 Å². The number of hydrogen-bond acceptors (Lipinski definition) is 4. The van der Waals surface area contributed by atoms with Gasteiger partial charge in [-0.05, 0) is 30.1 Å². The van der Waals surface area contributed by atoms with Crippen molar-refractivity contribution in [3.8, 4) is 0 Å². The summed E-state index contributed by atoms with van der Waals surface area (Å²) in [4.78, 5) is 16.8. The Morgan fingerprint density at radius 3 is 2.87 bits per heavy atom. The predicted molar refractivity (Wildman–Crippen MR) is 101 cm³/mol. The Labute approximate surface area is 146 Å². The van der Waals surface area contributed by atoms with E-state index in [1.807, 2.05) is 36.4 Å². The average Bonchev–Trinajstić information content (AvgIpc) is 3.06. The molecule has 1 heterocycles. The number of likely N-dealkylation sites (N-methyl/N-ethyl adjacent to an activating group) is 1. The topological polar surface area (TPSA) is 32.3 Å². The van der Waals surface area contributed by atoms with Crippen molar-refractivity contribution >= 4 is 34.7 Å². The second-order valence-corrected chi connectivity index (χ2v) is 7.12. The van der Waals surface area contributed by atoms with Crippen LogP contribution >= 0.6 is 23.1 Å². The van der Waals surface area contributed by atoms with Gasteiger partial charge in [-0.25, -0.2) is 0 Å². The first kappa shape index (κ1) is 17.8. The number of hydrogen-bond donors (Lipinski definition) is 1. The van der Waals surface area contributed by atoms with Gasteiger partial charge in [-0.1, -0.05) is 31.2 Å². The lowest BCUT2D eigenvalue weighted by Gasteiger charge is -2.19. The number of rotatable bonds is 9. The van der Waals surface area contributed by atoms with E-state index in [4.69, 9.17) is 0 Å². The predicted octanol–water partition coefficient (Wildman–Crippen LogP) is 4.49. The molecule has 0 bridgehead atoms. The van der Waals surface area contributed by atoms with Crippen molar-refractivity contribution in [2.24, 2.45) is 0 Å². The zero-order chi connectivity index (χ0) is 16.5. The summed E-state index contributed by atoms with van der Waals surface area (Å²) in [5, 5.41) is 5.10. The summed E-state index contributed by atoms with van der Waals surface area (Å²) in [5.41, 5.74) is 0.872. The van der Waals surface area contributed by atoms with Crippen molar-refractivity contribution in [3.05, 3.63) is 59.3 Å². The molecule has 1 aromatic carbocycles. The van der Waals surface area contributed by atoms with Crippen LogP contribution in [0.2, 0.25) is 0 Å². The highest BCUT2D eigenvalue weighted by atomic mass is 32.2. The lowest BCUT2D eigenvalue weighted by Crippen LogP contribution is -2.32. The first-order valence-electron chi connectivity index (χ1n) is 7.60. The molecule has 0 aliphatic carbocycles. The molecule has 122 valence electrons. The molecule has 1 aromatic heterocycles. The number of nitrogens with one attached hydrogen (secondary N) is 1. The van der Waals surface area contributed by atoms with Crippen molar-refractivity contribution in [3.63, 3.8) is 0 Å². The van der Waals surface area contributed by atoms with Gasteiger partial charge in [-0.3, -0.25) is 9.69 Å². The molecule has 0 fully saturated rings. The van der Waals surface area contributed by atoms with E-state index < -0.39 is 0 Å². The van der Waals surface area contributed by atoms with Crippen LogP contribution in [0.3, 0.4) is 0 Å². The van der Waals surface area contributed by atoms with Gasteiger partial charge in [0.2, 0.25) is 5.91 Å². The number of amides is 1. The maximum Gasteiger partial charge on any atom is 0.238 e. The number of carbonyl (C=O) groups excluding carboxylic acids is 1. The van der Waals surface area contributed by atoms with Crippen LogP contribution in [0.5, 0.6) is 0 Å². The van der Waals surface area contributed by atoms with Gasteiger partial charge in [0.1, 0.15) is 0 Å². The number of nitrogens with zero attached hydrogens (tertiary/aromatic N) is 1. The summed E-state index contributed by atoms with van der Waals surface area (Å²) in [5.74, 6) is 0.849. The van der Waals surface area contributed by atoms with Gasteiger partial charge in [-0.2, -0.15) is 0 Å². The molecule has 0 atom stereocenters. The molecule has 0 radical (unpaired) electrons. The second kappa shape index (κ2) is 9.55. The number of thiophene rings is 1. The van der Waals surface area contributed by atoms with E-state index in [1.165, 1.54) is 4.88 Å². The van der Waals surface area contributed by atoms with Crippen LogP contribution in [0.15, 0.2) is 59.3 Å². The summed E-state index contributed by atoms with van der Waals surface area (Å²) in [7, 11) is 0. The molecule has 0 spiro atoms. The Morgan fingerprint density at radius 2 is 2.17 bits per heavy atom. The van der Waals surface area contributed by atoms with Gasteiger partial charge in [0.15, 0.2) is 0 Å². The number of carbonyl (C=O) groups is 1. The minimum absolute atomic E-state index is 0.0232. The standard InChI is InChI=1S/C18H22N2OS2/c1-3-11-23-17-10-6-5-9-16(17)19-18(21)14-20(4-2)13-15-8-7-12-22-15/h3,5-10,12H,1,4,11,13-14H2,2H3,(H,19,21). The third-order valence-electron chi connectivity index (χ3n) is 3.29. The quantitative estimate of drug-likeness (QED) is 0.536. The highest BCUT2D eigenvalue weighted by Crippen LogP contribution is 2.26. The van der Waals surface area contributed by atoms with Crippen LogP contribution in [0, 0.1) is 0 Å².